The summed E-state index contributed by atoms with van der Waals surface area (Å²) in [7, 11) is 0. The van der Waals surface area contributed by atoms with Crippen LogP contribution in [-0.4, -0.2) is 22.4 Å². The number of halogens is 1. The normalized spacial score (nSPS) is 10.5. The molecule has 0 aliphatic heterocycles. The number of amides is 1. The Morgan fingerprint density at radius 1 is 1.00 bits per heavy atom. The van der Waals surface area contributed by atoms with Gasteiger partial charge in [0.1, 0.15) is 23.1 Å². The number of ether oxygens (including phenoxy) is 1. The second-order valence-corrected chi connectivity index (χ2v) is 6.64. The molecule has 0 fully saturated rings. The summed E-state index contributed by atoms with van der Waals surface area (Å²) in [5, 5.41) is 0.663. The number of rotatable bonds is 7. The average molecular weight is 396 g/mol. The number of likely N-dealkylation sites (N-methyl/N-ethyl adjacent to an activating group) is 1. The van der Waals surface area contributed by atoms with E-state index in [1.807, 2.05) is 50.2 Å². The summed E-state index contributed by atoms with van der Waals surface area (Å²) in [4.78, 5) is 23.1. The molecule has 3 rings (SSSR count). The van der Waals surface area contributed by atoms with Crippen molar-refractivity contribution in [2.75, 3.05) is 11.4 Å². The summed E-state index contributed by atoms with van der Waals surface area (Å²) in [6.45, 7) is 4.48. The molecule has 0 aliphatic rings. The summed E-state index contributed by atoms with van der Waals surface area (Å²) in [5.74, 6) is 2.78. The lowest BCUT2D eigenvalue weighted by atomic mass is 10.1. The lowest BCUT2D eigenvalue weighted by Gasteiger charge is -2.20. The first kappa shape index (κ1) is 19.8. The van der Waals surface area contributed by atoms with Gasteiger partial charge in [-0.3, -0.25) is 9.69 Å². The van der Waals surface area contributed by atoms with Crippen LogP contribution in [0, 0.1) is 0 Å². The zero-order chi connectivity index (χ0) is 19.9. The van der Waals surface area contributed by atoms with Gasteiger partial charge in [-0.1, -0.05) is 30.7 Å². The molecule has 0 saturated carbocycles. The zero-order valence-electron chi connectivity index (χ0n) is 15.9. The van der Waals surface area contributed by atoms with Gasteiger partial charge in [0.05, 0.1) is 6.42 Å². The third-order valence-electron chi connectivity index (χ3n) is 4.23. The minimum absolute atomic E-state index is 0.00498. The molecule has 144 valence electrons. The summed E-state index contributed by atoms with van der Waals surface area (Å²) in [6.07, 6.45) is 2.72. The van der Waals surface area contributed by atoms with Crippen LogP contribution in [0.15, 0.2) is 60.8 Å². The molecular formula is C22H22ClN3O2. The van der Waals surface area contributed by atoms with Gasteiger partial charge in [-0.2, -0.15) is 0 Å². The summed E-state index contributed by atoms with van der Waals surface area (Å²) in [6, 6.07) is 16.4. The Kier molecular flexibility index (Phi) is 6.61. The van der Waals surface area contributed by atoms with Crippen molar-refractivity contribution >= 4 is 23.3 Å². The lowest BCUT2D eigenvalue weighted by Crippen LogP contribution is -2.33. The van der Waals surface area contributed by atoms with Gasteiger partial charge in [-0.05, 0) is 55.0 Å². The van der Waals surface area contributed by atoms with Crippen LogP contribution >= 0.6 is 11.6 Å². The second-order valence-electron chi connectivity index (χ2n) is 6.20. The van der Waals surface area contributed by atoms with E-state index in [-0.39, 0.29) is 5.91 Å². The van der Waals surface area contributed by atoms with Crippen LogP contribution in [0.1, 0.15) is 25.2 Å². The fraction of sp³-hybridized carbons (Fsp3) is 0.227. The zero-order valence-corrected chi connectivity index (χ0v) is 16.7. The molecule has 0 bridgehead atoms. The molecule has 0 aliphatic carbocycles. The molecule has 1 heterocycles. The first-order valence-electron chi connectivity index (χ1n) is 9.23. The maximum Gasteiger partial charge on any atom is 0.232 e. The van der Waals surface area contributed by atoms with Gasteiger partial charge in [0.25, 0.3) is 0 Å². The molecule has 0 spiro atoms. The van der Waals surface area contributed by atoms with Crippen molar-refractivity contribution in [1.29, 1.82) is 0 Å². The Morgan fingerprint density at radius 3 is 2.25 bits per heavy atom. The third-order valence-corrected chi connectivity index (χ3v) is 4.48. The lowest BCUT2D eigenvalue weighted by molar-refractivity contribution is -0.118. The molecule has 0 unspecified atom stereocenters. The summed E-state index contributed by atoms with van der Waals surface area (Å²) in [5.41, 5.74) is 0.914. The predicted octanol–water partition coefficient (Wildman–Crippen LogP) is 5.08. The maximum absolute atomic E-state index is 12.8. The molecule has 6 heteroatoms. The molecule has 0 saturated heterocycles. The molecule has 28 heavy (non-hydrogen) atoms. The first-order valence-corrected chi connectivity index (χ1v) is 9.61. The van der Waals surface area contributed by atoms with Crippen molar-refractivity contribution in [1.82, 2.24) is 9.97 Å². The van der Waals surface area contributed by atoms with Gasteiger partial charge in [0.2, 0.25) is 5.91 Å². The van der Waals surface area contributed by atoms with E-state index in [9.17, 15) is 4.79 Å². The quantitative estimate of drug-likeness (QED) is 0.559. The van der Waals surface area contributed by atoms with Crippen molar-refractivity contribution in [3.8, 4) is 11.5 Å². The fourth-order valence-corrected chi connectivity index (χ4v) is 2.89. The number of benzene rings is 2. The van der Waals surface area contributed by atoms with Gasteiger partial charge in [-0.15, -0.1) is 0 Å². The van der Waals surface area contributed by atoms with E-state index in [1.54, 1.807) is 29.3 Å². The molecule has 2 aromatic carbocycles. The Balaban J connectivity index is 1.66. The van der Waals surface area contributed by atoms with Gasteiger partial charge in [-0.25, -0.2) is 9.97 Å². The molecule has 0 atom stereocenters. The van der Waals surface area contributed by atoms with Crippen molar-refractivity contribution in [2.24, 2.45) is 0 Å². The Labute approximate surface area is 170 Å². The number of hydrogen-bond acceptors (Lipinski definition) is 4. The van der Waals surface area contributed by atoms with Crippen molar-refractivity contribution < 1.29 is 9.53 Å². The summed E-state index contributed by atoms with van der Waals surface area (Å²) >= 11 is 5.88. The Hall–Kier alpha value is -2.92. The minimum Gasteiger partial charge on any atom is -0.457 e. The highest BCUT2D eigenvalue weighted by atomic mass is 35.5. The van der Waals surface area contributed by atoms with Gasteiger partial charge < -0.3 is 4.74 Å². The van der Waals surface area contributed by atoms with Crippen LogP contribution in [0.4, 0.5) is 5.82 Å². The topological polar surface area (TPSA) is 55.3 Å². The largest absolute Gasteiger partial charge is 0.457 e. The number of carbonyl (C=O) groups excluding carboxylic acids is 1. The van der Waals surface area contributed by atoms with Crippen molar-refractivity contribution in [3.05, 3.63) is 77.2 Å². The smallest absolute Gasteiger partial charge is 0.232 e. The Bertz CT molecular complexity index is 927. The van der Waals surface area contributed by atoms with Crippen molar-refractivity contribution in [2.45, 2.75) is 26.7 Å². The van der Waals surface area contributed by atoms with E-state index in [1.165, 1.54) is 0 Å². The van der Waals surface area contributed by atoms with E-state index in [0.29, 0.717) is 35.3 Å². The van der Waals surface area contributed by atoms with Crippen LogP contribution < -0.4 is 9.64 Å². The molecule has 0 radical (unpaired) electrons. The van der Waals surface area contributed by atoms with E-state index >= 15 is 0 Å². The van der Waals surface area contributed by atoms with E-state index in [4.69, 9.17) is 16.3 Å². The van der Waals surface area contributed by atoms with E-state index in [0.717, 1.165) is 17.8 Å². The SMILES string of the molecule is CCc1nccc(N(CC)C(=O)Cc2ccc(Oc3ccc(Cl)cc3)cc2)n1. The third kappa shape index (κ3) is 5.08. The number of carbonyl (C=O) groups is 1. The number of aromatic nitrogens is 2. The second kappa shape index (κ2) is 9.33. The minimum atomic E-state index is -0.00498. The first-order chi connectivity index (χ1) is 13.6. The van der Waals surface area contributed by atoms with Crippen LogP contribution in [0.3, 0.4) is 0 Å². The average Bonchev–Trinajstić information content (AvgIpc) is 2.72. The summed E-state index contributed by atoms with van der Waals surface area (Å²) < 4.78 is 5.79. The van der Waals surface area contributed by atoms with Gasteiger partial charge >= 0.3 is 0 Å². The van der Waals surface area contributed by atoms with E-state index in [2.05, 4.69) is 9.97 Å². The Morgan fingerprint density at radius 2 is 1.64 bits per heavy atom. The monoisotopic (exact) mass is 395 g/mol. The number of nitrogens with zero attached hydrogens (tertiary/aromatic N) is 3. The number of hydrogen-bond donors (Lipinski definition) is 0. The molecule has 0 N–H and O–H groups in total. The van der Waals surface area contributed by atoms with Gasteiger partial charge in [0, 0.05) is 24.2 Å². The van der Waals surface area contributed by atoms with Crippen LogP contribution in [0.25, 0.3) is 0 Å². The van der Waals surface area contributed by atoms with E-state index < -0.39 is 0 Å². The standard InChI is InChI=1S/C22H22ClN3O2/c1-3-20-24-14-13-21(25-20)26(4-2)22(27)15-16-5-9-18(10-6-16)28-19-11-7-17(23)8-12-19/h5-14H,3-4,15H2,1-2H3. The van der Waals surface area contributed by atoms with Crippen molar-refractivity contribution in [3.63, 3.8) is 0 Å². The molecule has 5 nitrogen and oxygen atoms in total. The number of anilines is 1. The number of aryl methyl sites for hydroxylation is 1. The predicted molar refractivity (Wildman–Crippen MR) is 111 cm³/mol. The van der Waals surface area contributed by atoms with Crippen LogP contribution in [0.2, 0.25) is 5.02 Å². The highest BCUT2D eigenvalue weighted by molar-refractivity contribution is 6.30. The highest BCUT2D eigenvalue weighted by Gasteiger charge is 2.16. The van der Waals surface area contributed by atoms with Gasteiger partial charge in [0.15, 0.2) is 0 Å². The fourth-order valence-electron chi connectivity index (χ4n) is 2.76. The highest BCUT2D eigenvalue weighted by Crippen LogP contribution is 2.23. The van der Waals surface area contributed by atoms with Crippen LogP contribution in [0.5, 0.6) is 11.5 Å². The van der Waals surface area contributed by atoms with Crippen LogP contribution in [-0.2, 0) is 17.6 Å². The molecule has 1 aromatic heterocycles. The molecule has 1 amide bonds. The molecule has 3 aromatic rings. The maximum atomic E-state index is 12.8. The molecular weight excluding hydrogens is 374 g/mol.